The summed E-state index contributed by atoms with van der Waals surface area (Å²) in [4.78, 5) is 16.6. The minimum atomic E-state index is 0.0436. The molecule has 2 aliphatic rings. The van der Waals surface area contributed by atoms with Crippen LogP contribution >= 0.6 is 11.8 Å². The van der Waals surface area contributed by atoms with E-state index in [4.69, 9.17) is 0 Å². The summed E-state index contributed by atoms with van der Waals surface area (Å²) in [6, 6.07) is 0.412. The van der Waals surface area contributed by atoms with E-state index in [2.05, 4.69) is 16.6 Å². The second kappa shape index (κ2) is 5.80. The molecule has 0 bridgehead atoms. The van der Waals surface area contributed by atoms with Crippen LogP contribution in [0.3, 0.4) is 0 Å². The van der Waals surface area contributed by atoms with E-state index in [1.807, 2.05) is 22.5 Å². The molecule has 3 rings (SSSR count). The van der Waals surface area contributed by atoms with Crippen molar-refractivity contribution in [3.05, 3.63) is 22.7 Å². The van der Waals surface area contributed by atoms with Gasteiger partial charge in [0.1, 0.15) is 0 Å². The molecule has 0 radical (unpaired) electrons. The van der Waals surface area contributed by atoms with Gasteiger partial charge >= 0.3 is 0 Å². The van der Waals surface area contributed by atoms with Crippen molar-refractivity contribution in [2.75, 3.05) is 18.1 Å². The predicted octanol–water partition coefficient (Wildman–Crippen LogP) is 3.06. The normalized spacial score (nSPS) is 21.6. The monoisotopic (exact) mass is 293 g/mol. The highest BCUT2D eigenvalue weighted by molar-refractivity contribution is 8.00. The summed E-state index contributed by atoms with van der Waals surface area (Å²) in [5, 5.41) is 3.33. The third-order valence-electron chi connectivity index (χ3n) is 4.58. The van der Waals surface area contributed by atoms with Crippen molar-refractivity contribution < 1.29 is 0 Å². The minimum absolute atomic E-state index is 0.0436. The molecule has 1 aromatic heterocycles. The summed E-state index contributed by atoms with van der Waals surface area (Å²) in [7, 11) is 0. The lowest BCUT2D eigenvalue weighted by atomic mass is 9.88. The van der Waals surface area contributed by atoms with E-state index in [1.54, 1.807) is 6.20 Å². The second-order valence-corrected chi connectivity index (χ2v) is 7.30. The van der Waals surface area contributed by atoms with Crippen molar-refractivity contribution in [2.24, 2.45) is 0 Å². The first-order valence-corrected chi connectivity index (χ1v) is 8.83. The molecule has 110 valence electrons. The van der Waals surface area contributed by atoms with Crippen LogP contribution in [0.1, 0.15) is 51.0 Å². The lowest BCUT2D eigenvalue weighted by Crippen LogP contribution is -2.37. The van der Waals surface area contributed by atoms with Gasteiger partial charge in [-0.15, -0.1) is 0 Å². The summed E-state index contributed by atoms with van der Waals surface area (Å²) in [6.45, 7) is 0.852. The van der Waals surface area contributed by atoms with Crippen LogP contribution < -0.4 is 10.9 Å². The quantitative estimate of drug-likeness (QED) is 0.906. The summed E-state index contributed by atoms with van der Waals surface area (Å²) in [5.74, 6) is 0.526. The van der Waals surface area contributed by atoms with E-state index in [0.29, 0.717) is 11.9 Å². The largest absolute Gasteiger partial charge is 0.364 e. The number of aromatic nitrogens is 2. The number of thioether (sulfide) groups is 1. The Morgan fingerprint density at radius 3 is 2.80 bits per heavy atom. The molecule has 4 nitrogen and oxygen atoms in total. The van der Waals surface area contributed by atoms with Crippen LogP contribution in [-0.2, 0) is 0 Å². The third kappa shape index (κ3) is 2.87. The van der Waals surface area contributed by atoms with Gasteiger partial charge in [0.05, 0.1) is 0 Å². The molecule has 0 aromatic carbocycles. The molecular weight excluding hydrogens is 270 g/mol. The zero-order chi connectivity index (χ0) is 14.0. The highest BCUT2D eigenvalue weighted by atomic mass is 32.2. The van der Waals surface area contributed by atoms with Gasteiger partial charge in [-0.3, -0.25) is 4.79 Å². The molecule has 20 heavy (non-hydrogen) atoms. The Bertz CT molecular complexity index is 518. The molecule has 2 saturated carbocycles. The highest BCUT2D eigenvalue weighted by Crippen LogP contribution is 2.38. The second-order valence-electron chi connectivity index (χ2n) is 6.02. The number of rotatable bonds is 5. The SMILES string of the molecule is CSC1(CNc2nccn(C3CC3)c2=O)CCCCC1. The predicted molar refractivity (Wildman–Crippen MR) is 84.6 cm³/mol. The first-order valence-electron chi connectivity index (χ1n) is 7.60. The van der Waals surface area contributed by atoms with Crippen LogP contribution in [0.15, 0.2) is 17.2 Å². The van der Waals surface area contributed by atoms with E-state index >= 15 is 0 Å². The topological polar surface area (TPSA) is 46.9 Å². The Hall–Kier alpha value is -0.970. The molecule has 0 atom stereocenters. The van der Waals surface area contributed by atoms with Gasteiger partial charge in [-0.05, 0) is 31.9 Å². The molecule has 0 unspecified atom stereocenters. The van der Waals surface area contributed by atoms with E-state index < -0.39 is 0 Å². The summed E-state index contributed by atoms with van der Waals surface area (Å²) < 4.78 is 2.12. The van der Waals surface area contributed by atoms with Crippen molar-refractivity contribution in [3.8, 4) is 0 Å². The lowest BCUT2D eigenvalue weighted by molar-refractivity contribution is 0.411. The number of nitrogens with one attached hydrogen (secondary N) is 1. The van der Waals surface area contributed by atoms with Crippen molar-refractivity contribution in [1.29, 1.82) is 0 Å². The molecule has 5 heteroatoms. The van der Waals surface area contributed by atoms with Gasteiger partial charge < -0.3 is 9.88 Å². The number of anilines is 1. The maximum Gasteiger partial charge on any atom is 0.293 e. The zero-order valence-electron chi connectivity index (χ0n) is 12.1. The van der Waals surface area contributed by atoms with E-state index in [0.717, 1.165) is 19.4 Å². The van der Waals surface area contributed by atoms with Gasteiger partial charge in [0.2, 0.25) is 0 Å². The Morgan fingerprint density at radius 2 is 2.15 bits per heavy atom. The number of hydrogen-bond acceptors (Lipinski definition) is 4. The number of nitrogens with zero attached hydrogens (tertiary/aromatic N) is 2. The molecule has 2 fully saturated rings. The Morgan fingerprint density at radius 1 is 1.40 bits per heavy atom. The molecule has 0 saturated heterocycles. The molecule has 1 heterocycles. The van der Waals surface area contributed by atoms with Crippen LogP contribution in [0.5, 0.6) is 0 Å². The Balaban J connectivity index is 1.71. The molecule has 0 aliphatic heterocycles. The number of hydrogen-bond donors (Lipinski definition) is 1. The summed E-state index contributed by atoms with van der Waals surface area (Å²) in [5.41, 5.74) is 0.0436. The van der Waals surface area contributed by atoms with E-state index in [9.17, 15) is 4.79 Å². The van der Waals surface area contributed by atoms with Gasteiger partial charge in [0, 0.05) is 29.7 Å². The van der Waals surface area contributed by atoms with E-state index in [1.165, 1.54) is 32.1 Å². The molecule has 0 amide bonds. The zero-order valence-corrected chi connectivity index (χ0v) is 12.9. The van der Waals surface area contributed by atoms with Crippen molar-refractivity contribution in [1.82, 2.24) is 9.55 Å². The van der Waals surface area contributed by atoms with Crippen LogP contribution in [0.25, 0.3) is 0 Å². The average molecular weight is 293 g/mol. The standard InChI is InChI=1S/C15H23N3OS/c1-20-15(7-3-2-4-8-15)11-17-13-14(19)18(10-9-16-13)12-5-6-12/h9-10,12H,2-8,11H2,1H3,(H,16,17). The molecule has 1 aromatic rings. The fourth-order valence-corrected chi connectivity index (χ4v) is 3.99. The van der Waals surface area contributed by atoms with Gasteiger partial charge in [-0.2, -0.15) is 11.8 Å². The lowest BCUT2D eigenvalue weighted by Gasteiger charge is -2.35. The maximum atomic E-state index is 12.3. The molecule has 1 N–H and O–H groups in total. The Kier molecular flexibility index (Phi) is 4.06. The Labute approximate surface area is 124 Å². The van der Waals surface area contributed by atoms with Crippen LogP contribution in [0, 0.1) is 0 Å². The third-order valence-corrected chi connectivity index (χ3v) is 6.00. The van der Waals surface area contributed by atoms with Crippen LogP contribution in [0.2, 0.25) is 0 Å². The van der Waals surface area contributed by atoms with Crippen molar-refractivity contribution in [3.63, 3.8) is 0 Å². The van der Waals surface area contributed by atoms with Crippen molar-refractivity contribution >= 4 is 17.6 Å². The summed E-state index contributed by atoms with van der Waals surface area (Å²) in [6.07, 6.45) is 14.4. The molecule has 2 aliphatic carbocycles. The maximum absolute atomic E-state index is 12.3. The van der Waals surface area contributed by atoms with Gasteiger partial charge in [0.25, 0.3) is 5.56 Å². The average Bonchev–Trinajstić information content (AvgIpc) is 3.32. The fourth-order valence-electron chi connectivity index (χ4n) is 3.08. The van der Waals surface area contributed by atoms with Gasteiger partial charge in [0.15, 0.2) is 5.82 Å². The first kappa shape index (κ1) is 14.0. The van der Waals surface area contributed by atoms with Crippen LogP contribution in [0.4, 0.5) is 5.82 Å². The molecular formula is C15H23N3OS. The smallest absolute Gasteiger partial charge is 0.293 e. The first-order chi connectivity index (χ1) is 9.74. The van der Waals surface area contributed by atoms with E-state index in [-0.39, 0.29) is 10.3 Å². The summed E-state index contributed by atoms with van der Waals surface area (Å²) >= 11 is 1.94. The van der Waals surface area contributed by atoms with Crippen molar-refractivity contribution in [2.45, 2.75) is 55.7 Å². The molecule has 0 spiro atoms. The fraction of sp³-hybridized carbons (Fsp3) is 0.733. The van der Waals surface area contributed by atoms with Gasteiger partial charge in [-0.1, -0.05) is 19.3 Å². The highest BCUT2D eigenvalue weighted by Gasteiger charge is 2.31. The van der Waals surface area contributed by atoms with Crippen LogP contribution in [-0.4, -0.2) is 27.1 Å². The van der Waals surface area contributed by atoms with Gasteiger partial charge in [-0.25, -0.2) is 4.98 Å². The minimum Gasteiger partial charge on any atom is -0.364 e.